The van der Waals surface area contributed by atoms with Gasteiger partial charge >= 0.3 is 0 Å². The van der Waals surface area contributed by atoms with Crippen LogP contribution in [-0.2, 0) is 0 Å². The van der Waals surface area contributed by atoms with E-state index in [0.717, 1.165) is 55.3 Å². The second-order valence-corrected chi connectivity index (χ2v) is 9.61. The van der Waals surface area contributed by atoms with Gasteiger partial charge in [-0.3, -0.25) is 5.41 Å². The highest BCUT2D eigenvalue weighted by molar-refractivity contribution is 6.19. The lowest BCUT2D eigenvalue weighted by atomic mass is 10.1. The molecule has 7 rings (SSSR count). The number of fused-ring (bicyclic) bond motifs is 5. The van der Waals surface area contributed by atoms with Crippen molar-refractivity contribution in [3.05, 3.63) is 145 Å². The van der Waals surface area contributed by atoms with Crippen LogP contribution in [0, 0.1) is 5.41 Å². The number of benzene rings is 5. The van der Waals surface area contributed by atoms with Crippen LogP contribution in [0.4, 0.5) is 5.69 Å². The molecule has 3 N–H and O–H groups in total. The van der Waals surface area contributed by atoms with E-state index in [2.05, 4.69) is 53.1 Å². The maximum atomic E-state index is 9.36. The maximum Gasteiger partial charge on any atom is 0.143 e. The molecule has 188 valence electrons. The van der Waals surface area contributed by atoms with Crippen molar-refractivity contribution in [3.8, 4) is 5.69 Å². The quantitative estimate of drug-likeness (QED) is 0.141. The molecule has 39 heavy (non-hydrogen) atoms. The van der Waals surface area contributed by atoms with E-state index in [1.807, 2.05) is 83.8 Å². The average Bonchev–Trinajstić information content (AvgIpc) is 3.61. The van der Waals surface area contributed by atoms with Crippen LogP contribution >= 0.6 is 0 Å². The van der Waals surface area contributed by atoms with Crippen LogP contribution < -0.4 is 10.6 Å². The van der Waals surface area contributed by atoms with E-state index in [0.29, 0.717) is 5.84 Å². The number of amidine groups is 1. The Morgan fingerprint density at radius 3 is 2.31 bits per heavy atom. The standard InChI is InChI=1S/C34H26N4O/c35-33(24-10-3-1-4-11-24)38(26-13-5-2-6-14-26)34(36)25-12-9-15-27(22-25)37-29-17-8-7-16-28(29)31-30(37)19-18-23-20-21-39-32(23)31/h1-22,33,36H,35H2. The van der Waals surface area contributed by atoms with E-state index in [4.69, 9.17) is 10.2 Å². The molecule has 0 aliphatic heterocycles. The van der Waals surface area contributed by atoms with Crippen LogP contribution in [0.1, 0.15) is 17.3 Å². The Morgan fingerprint density at radius 1 is 0.744 bits per heavy atom. The van der Waals surface area contributed by atoms with E-state index >= 15 is 0 Å². The molecule has 0 saturated carbocycles. The number of hydrogen-bond acceptors (Lipinski definition) is 3. The van der Waals surface area contributed by atoms with E-state index in [-0.39, 0.29) is 0 Å². The normalized spacial score (nSPS) is 12.2. The van der Waals surface area contributed by atoms with Crippen molar-refractivity contribution in [3.63, 3.8) is 0 Å². The molecule has 5 heteroatoms. The third kappa shape index (κ3) is 3.79. The first-order valence-corrected chi connectivity index (χ1v) is 12.9. The summed E-state index contributed by atoms with van der Waals surface area (Å²) in [4.78, 5) is 1.88. The molecular weight excluding hydrogens is 480 g/mol. The smallest absolute Gasteiger partial charge is 0.143 e. The largest absolute Gasteiger partial charge is 0.464 e. The van der Waals surface area contributed by atoms with Gasteiger partial charge in [-0.2, -0.15) is 0 Å². The first-order chi connectivity index (χ1) is 19.2. The van der Waals surface area contributed by atoms with Gasteiger partial charge in [0.05, 0.1) is 22.7 Å². The number of hydrogen-bond donors (Lipinski definition) is 2. The van der Waals surface area contributed by atoms with Gasteiger partial charge in [-0.05, 0) is 54.1 Å². The third-order valence-corrected chi connectivity index (χ3v) is 7.33. The van der Waals surface area contributed by atoms with Crippen molar-refractivity contribution in [2.45, 2.75) is 6.17 Å². The van der Waals surface area contributed by atoms with Gasteiger partial charge in [-0.1, -0.05) is 78.9 Å². The fraction of sp³-hybridized carbons (Fsp3) is 0.0294. The number of aromatic nitrogens is 1. The molecule has 0 radical (unpaired) electrons. The Bertz CT molecular complexity index is 1950. The molecule has 0 saturated heterocycles. The lowest BCUT2D eigenvalue weighted by Crippen LogP contribution is -2.39. The van der Waals surface area contributed by atoms with Crippen molar-refractivity contribution in [1.82, 2.24) is 4.57 Å². The number of nitrogens with one attached hydrogen (secondary N) is 1. The molecule has 0 bridgehead atoms. The summed E-state index contributed by atoms with van der Waals surface area (Å²) in [5.41, 5.74) is 13.4. The van der Waals surface area contributed by atoms with Crippen LogP contribution in [0.2, 0.25) is 0 Å². The highest BCUT2D eigenvalue weighted by Gasteiger charge is 2.23. The summed E-state index contributed by atoms with van der Waals surface area (Å²) in [6.07, 6.45) is 1.22. The molecule has 0 aliphatic carbocycles. The summed E-state index contributed by atoms with van der Waals surface area (Å²) in [6, 6.07) is 42.5. The van der Waals surface area contributed by atoms with Gasteiger partial charge in [0, 0.05) is 27.7 Å². The summed E-state index contributed by atoms with van der Waals surface area (Å²) in [7, 11) is 0. The van der Waals surface area contributed by atoms with Gasteiger partial charge in [0.1, 0.15) is 17.6 Å². The number of rotatable bonds is 5. The van der Waals surface area contributed by atoms with Crippen LogP contribution in [0.25, 0.3) is 38.5 Å². The van der Waals surface area contributed by atoms with E-state index in [1.165, 1.54) is 0 Å². The number of nitrogens with two attached hydrogens (primary N) is 1. The fourth-order valence-corrected chi connectivity index (χ4v) is 5.50. The molecule has 5 aromatic carbocycles. The van der Waals surface area contributed by atoms with Gasteiger partial charge in [0.25, 0.3) is 0 Å². The molecule has 1 unspecified atom stereocenters. The number of anilines is 1. The minimum Gasteiger partial charge on any atom is -0.464 e. The predicted molar refractivity (Wildman–Crippen MR) is 160 cm³/mol. The zero-order valence-electron chi connectivity index (χ0n) is 21.2. The van der Waals surface area contributed by atoms with Crippen molar-refractivity contribution < 1.29 is 4.42 Å². The topological polar surface area (TPSA) is 71.2 Å². The molecule has 1 atom stereocenters. The number of nitrogens with zero attached hydrogens (tertiary/aromatic N) is 2. The summed E-state index contributed by atoms with van der Waals surface area (Å²) in [6.45, 7) is 0. The molecular formula is C34H26N4O. The second-order valence-electron chi connectivity index (χ2n) is 9.61. The van der Waals surface area contributed by atoms with E-state index in [9.17, 15) is 5.41 Å². The van der Waals surface area contributed by atoms with Gasteiger partial charge in [-0.15, -0.1) is 0 Å². The summed E-state index contributed by atoms with van der Waals surface area (Å²) >= 11 is 0. The highest BCUT2D eigenvalue weighted by atomic mass is 16.3. The minimum atomic E-state index is -0.523. The predicted octanol–water partition coefficient (Wildman–Crippen LogP) is 8.02. The minimum absolute atomic E-state index is 0.327. The van der Waals surface area contributed by atoms with Crippen molar-refractivity contribution >= 4 is 44.3 Å². The summed E-state index contributed by atoms with van der Waals surface area (Å²) in [5.74, 6) is 0.327. The zero-order chi connectivity index (χ0) is 26.3. The van der Waals surface area contributed by atoms with E-state index in [1.54, 1.807) is 6.26 Å². The van der Waals surface area contributed by atoms with Gasteiger partial charge < -0.3 is 19.6 Å². The molecule has 2 aromatic heterocycles. The lowest BCUT2D eigenvalue weighted by Gasteiger charge is -2.32. The Morgan fingerprint density at radius 2 is 1.49 bits per heavy atom. The first-order valence-electron chi connectivity index (χ1n) is 12.9. The highest BCUT2D eigenvalue weighted by Crippen LogP contribution is 2.37. The molecule has 0 fully saturated rings. The monoisotopic (exact) mass is 506 g/mol. The Kier molecular flexibility index (Phi) is 5.50. The summed E-state index contributed by atoms with van der Waals surface area (Å²) < 4.78 is 8.17. The molecule has 2 heterocycles. The third-order valence-electron chi connectivity index (χ3n) is 7.33. The Hall–Kier alpha value is -5.13. The Balaban J connectivity index is 1.39. The van der Waals surface area contributed by atoms with Crippen molar-refractivity contribution in [1.29, 1.82) is 5.41 Å². The van der Waals surface area contributed by atoms with Gasteiger partial charge in [-0.25, -0.2) is 0 Å². The molecule has 0 amide bonds. The van der Waals surface area contributed by atoms with Gasteiger partial charge in [0.2, 0.25) is 0 Å². The number of para-hydroxylation sites is 2. The molecule has 7 aromatic rings. The van der Waals surface area contributed by atoms with Crippen LogP contribution in [-0.4, -0.2) is 10.4 Å². The number of furan rings is 1. The van der Waals surface area contributed by atoms with Crippen LogP contribution in [0.3, 0.4) is 0 Å². The Labute approximate surface area is 225 Å². The first kappa shape index (κ1) is 23.0. The van der Waals surface area contributed by atoms with Crippen molar-refractivity contribution in [2.75, 3.05) is 4.90 Å². The fourth-order valence-electron chi connectivity index (χ4n) is 5.50. The maximum absolute atomic E-state index is 9.36. The van der Waals surface area contributed by atoms with E-state index < -0.39 is 6.17 Å². The van der Waals surface area contributed by atoms with Crippen LogP contribution in [0.5, 0.6) is 0 Å². The van der Waals surface area contributed by atoms with Crippen molar-refractivity contribution in [2.24, 2.45) is 5.73 Å². The second kappa shape index (κ2) is 9.31. The van der Waals surface area contributed by atoms with Crippen LogP contribution in [0.15, 0.2) is 138 Å². The zero-order valence-corrected chi connectivity index (χ0v) is 21.2. The lowest BCUT2D eigenvalue weighted by molar-refractivity contribution is 0.619. The molecule has 0 aliphatic rings. The average molecular weight is 507 g/mol. The van der Waals surface area contributed by atoms with Gasteiger partial charge in [0.15, 0.2) is 0 Å². The SMILES string of the molecule is N=C(c1cccc(-n2c3ccccc3c3c4occc4ccc32)c1)N(c1ccccc1)C(N)c1ccccc1. The molecule has 5 nitrogen and oxygen atoms in total. The summed E-state index contributed by atoms with van der Waals surface area (Å²) in [5, 5.41) is 12.7. The molecule has 0 spiro atoms.